The van der Waals surface area contributed by atoms with Crippen LogP contribution in [-0.2, 0) is 0 Å². The van der Waals surface area contributed by atoms with Crippen molar-refractivity contribution < 1.29 is 0 Å². The third kappa shape index (κ3) is 1.30. The number of fused-ring (bicyclic) bond motifs is 2. The lowest BCUT2D eigenvalue weighted by molar-refractivity contribution is 1.71. The minimum atomic E-state index is 0.806. The third-order valence-corrected chi connectivity index (χ3v) is 3.20. The van der Waals surface area contributed by atoms with Gasteiger partial charge in [-0.25, -0.2) is 0 Å². The number of hydrogen-bond acceptors (Lipinski definition) is 0. The average Bonchev–Trinajstić information content (AvgIpc) is 2.44. The molecule has 0 heteroatoms. The van der Waals surface area contributed by atoms with Gasteiger partial charge in [-0.15, -0.1) is 12.0 Å². The van der Waals surface area contributed by atoms with Crippen LogP contribution in [0.3, 0.4) is 0 Å². The second-order valence-electron chi connectivity index (χ2n) is 4.11. The molecule has 0 aliphatic heterocycles. The fourth-order valence-electron chi connectivity index (χ4n) is 2.42. The number of benzene rings is 3. The first-order chi connectivity index (χ1) is 8.86. The number of terminal acetylenes is 1. The maximum atomic E-state index is 7.53. The van der Waals surface area contributed by atoms with E-state index in [0.29, 0.717) is 0 Å². The smallest absolute Gasteiger partial charge is 0.0369 e. The van der Waals surface area contributed by atoms with Crippen LogP contribution in [0.5, 0.6) is 0 Å². The Morgan fingerprint density at radius 2 is 1.11 bits per heavy atom. The maximum Gasteiger partial charge on any atom is 0.0369 e. The Kier molecular flexibility index (Phi) is 2.30. The van der Waals surface area contributed by atoms with E-state index in [4.69, 9.17) is 12.8 Å². The van der Waals surface area contributed by atoms with E-state index in [1.807, 2.05) is 48.5 Å². The van der Waals surface area contributed by atoms with E-state index in [1.54, 1.807) is 0 Å². The molecule has 3 rings (SSSR count). The van der Waals surface area contributed by atoms with E-state index < -0.39 is 0 Å². The minimum Gasteiger partial charge on any atom is -0.366 e. The van der Waals surface area contributed by atoms with Crippen molar-refractivity contribution in [2.45, 2.75) is 0 Å². The molecule has 0 radical (unpaired) electrons. The van der Waals surface area contributed by atoms with Crippen LogP contribution in [0.15, 0.2) is 48.5 Å². The largest absolute Gasteiger partial charge is 0.366 e. The van der Waals surface area contributed by atoms with Gasteiger partial charge in [0.1, 0.15) is 0 Å². The Morgan fingerprint density at radius 1 is 0.722 bits per heavy atom. The molecule has 0 saturated heterocycles. The molecule has 18 heavy (non-hydrogen) atoms. The van der Waals surface area contributed by atoms with Crippen LogP contribution in [0, 0.1) is 24.7 Å². The fraction of sp³-hybridized carbons (Fsp3) is 0. The minimum absolute atomic E-state index is 0.806. The van der Waals surface area contributed by atoms with Gasteiger partial charge >= 0.3 is 0 Å². The van der Waals surface area contributed by atoms with E-state index in [2.05, 4.69) is 11.8 Å². The molecule has 0 aliphatic carbocycles. The van der Waals surface area contributed by atoms with Gasteiger partial charge in [0.05, 0.1) is 0 Å². The number of hydrogen-bond donors (Lipinski definition) is 0. The molecule has 0 nitrogen and oxygen atoms in total. The Morgan fingerprint density at radius 3 is 1.44 bits per heavy atom. The molecule has 0 aliphatic rings. The lowest BCUT2D eigenvalue weighted by atomic mass is 9.92. The fourth-order valence-corrected chi connectivity index (χ4v) is 2.42. The molecule has 0 N–H and O–H groups in total. The summed E-state index contributed by atoms with van der Waals surface area (Å²) in [5, 5.41) is 3.99. The van der Waals surface area contributed by atoms with Crippen molar-refractivity contribution in [1.82, 2.24) is 0 Å². The monoisotopic (exact) mass is 225 g/mol. The molecule has 0 spiro atoms. The molecule has 3 aromatic rings. The Balaban J connectivity index is 2.73. The maximum absolute atomic E-state index is 7.53. The number of rotatable bonds is 0. The zero-order valence-electron chi connectivity index (χ0n) is 9.70. The summed E-state index contributed by atoms with van der Waals surface area (Å²) in [6, 6.07) is 15.8. The molecule has 0 bridgehead atoms. The summed E-state index contributed by atoms with van der Waals surface area (Å²) >= 11 is 0. The van der Waals surface area contributed by atoms with Crippen LogP contribution < -0.4 is 0 Å². The van der Waals surface area contributed by atoms with E-state index in [-0.39, 0.29) is 0 Å². The molecule has 0 unspecified atom stereocenters. The second kappa shape index (κ2) is 3.95. The highest BCUT2D eigenvalue weighted by atomic mass is 14.1. The van der Waals surface area contributed by atoms with Gasteiger partial charge in [0.2, 0.25) is 0 Å². The van der Waals surface area contributed by atoms with Gasteiger partial charge in [0.25, 0.3) is 0 Å². The van der Waals surface area contributed by atoms with E-state index in [9.17, 15) is 0 Å². The van der Waals surface area contributed by atoms with E-state index >= 15 is 0 Å². The zero-order valence-corrected chi connectivity index (χ0v) is 9.70. The normalized spacial score (nSPS) is 10.1. The molecular weight excluding hydrogens is 216 g/mol. The molecular formula is C18H9-. The average molecular weight is 225 g/mol. The predicted molar refractivity (Wildman–Crippen MR) is 75.6 cm³/mol. The van der Waals surface area contributed by atoms with E-state index in [0.717, 1.165) is 32.7 Å². The van der Waals surface area contributed by atoms with Gasteiger partial charge in [-0.05, 0) is 10.8 Å². The first-order valence-corrected chi connectivity index (χ1v) is 5.69. The topological polar surface area (TPSA) is 0 Å². The highest BCUT2D eigenvalue weighted by molar-refractivity contribution is 6.09. The first-order valence-electron chi connectivity index (χ1n) is 5.69. The van der Waals surface area contributed by atoms with Crippen LogP contribution in [0.25, 0.3) is 21.5 Å². The summed E-state index contributed by atoms with van der Waals surface area (Å²) in [7, 11) is 0. The summed E-state index contributed by atoms with van der Waals surface area (Å²) in [6.07, 6.45) is 13.2. The quantitative estimate of drug-likeness (QED) is 0.309. The molecule has 0 amide bonds. The van der Waals surface area contributed by atoms with Crippen LogP contribution in [0.1, 0.15) is 11.1 Å². The highest BCUT2D eigenvalue weighted by Gasteiger charge is 2.05. The summed E-state index contributed by atoms with van der Waals surface area (Å²) in [5.41, 5.74) is 1.69. The van der Waals surface area contributed by atoms with Gasteiger partial charge in [0.15, 0.2) is 0 Å². The molecule has 0 fully saturated rings. The summed E-state index contributed by atoms with van der Waals surface area (Å²) < 4.78 is 0. The molecule has 0 atom stereocenters. The molecule has 3 aromatic carbocycles. The van der Waals surface area contributed by atoms with Gasteiger partial charge in [-0.3, -0.25) is 5.92 Å². The van der Waals surface area contributed by atoms with Gasteiger partial charge < -0.3 is 6.42 Å². The molecule has 0 saturated carbocycles. The van der Waals surface area contributed by atoms with E-state index in [1.165, 1.54) is 0 Å². The molecule has 0 aromatic heterocycles. The third-order valence-electron chi connectivity index (χ3n) is 3.20. The van der Waals surface area contributed by atoms with Crippen LogP contribution in [-0.4, -0.2) is 0 Å². The summed E-state index contributed by atoms with van der Waals surface area (Å²) in [4.78, 5) is 0. The van der Waals surface area contributed by atoms with Crippen molar-refractivity contribution in [2.75, 3.05) is 0 Å². The lowest BCUT2D eigenvalue weighted by Gasteiger charge is -2.15. The van der Waals surface area contributed by atoms with Crippen LogP contribution in [0.2, 0.25) is 0 Å². The Labute approximate surface area is 106 Å². The highest BCUT2D eigenvalue weighted by Crippen LogP contribution is 2.31. The Hall–Kier alpha value is -2.70. The standard InChI is InChI=1S/C18H9/c1-3-13-15-9-5-7-11-17(15)14(4-2)18-12-8-6-10-16(13)18/h1,5-12H/q-1. The van der Waals surface area contributed by atoms with Crippen molar-refractivity contribution in [3.63, 3.8) is 0 Å². The van der Waals surface area contributed by atoms with Crippen molar-refractivity contribution >= 4 is 21.5 Å². The van der Waals surface area contributed by atoms with Gasteiger partial charge in [0, 0.05) is 5.56 Å². The zero-order chi connectivity index (χ0) is 12.5. The molecule has 82 valence electrons. The predicted octanol–water partition coefficient (Wildman–Crippen LogP) is 3.91. The van der Waals surface area contributed by atoms with Crippen LogP contribution in [0.4, 0.5) is 0 Å². The van der Waals surface area contributed by atoms with Gasteiger partial charge in [-0.2, -0.15) is 0 Å². The first kappa shape index (κ1) is 10.5. The van der Waals surface area contributed by atoms with Crippen molar-refractivity contribution in [3.8, 4) is 18.3 Å². The van der Waals surface area contributed by atoms with Crippen molar-refractivity contribution in [3.05, 3.63) is 66.1 Å². The SMILES string of the molecule is [C-]#Cc1c2ccccc2c(C#C)c2ccccc12. The molecule has 0 heterocycles. The van der Waals surface area contributed by atoms with Crippen molar-refractivity contribution in [2.24, 2.45) is 0 Å². The Bertz CT molecular complexity index is 710. The second-order valence-corrected chi connectivity index (χ2v) is 4.11. The lowest BCUT2D eigenvalue weighted by Crippen LogP contribution is -1.89. The summed E-state index contributed by atoms with van der Waals surface area (Å²) in [5.74, 6) is 5.32. The summed E-state index contributed by atoms with van der Waals surface area (Å²) in [6.45, 7) is 0. The van der Waals surface area contributed by atoms with Crippen molar-refractivity contribution in [1.29, 1.82) is 0 Å². The van der Waals surface area contributed by atoms with Crippen LogP contribution >= 0.6 is 0 Å². The van der Waals surface area contributed by atoms with Gasteiger partial charge in [-0.1, -0.05) is 65.2 Å².